The molecule has 1 aliphatic carbocycles. The topological polar surface area (TPSA) is 0 Å². The van der Waals surface area contributed by atoms with Gasteiger partial charge in [-0.15, -0.1) is 0 Å². The van der Waals surface area contributed by atoms with Crippen LogP contribution in [0.15, 0.2) is 30.3 Å². The van der Waals surface area contributed by atoms with Crippen LogP contribution in [-0.2, 0) is 0 Å². The fourth-order valence-electron chi connectivity index (χ4n) is 1.39. The van der Waals surface area contributed by atoms with Gasteiger partial charge in [0.15, 0.2) is 0 Å². The summed E-state index contributed by atoms with van der Waals surface area (Å²) in [7, 11) is -0.134. The molecule has 1 atom stereocenters. The molecule has 0 nitrogen and oxygen atoms in total. The van der Waals surface area contributed by atoms with Crippen molar-refractivity contribution in [1.29, 1.82) is 0 Å². The predicted octanol–water partition coefficient (Wildman–Crippen LogP) is 2.79. The molecule has 0 spiro atoms. The Bertz CT molecular complexity index is 249. The number of benzene rings is 1. The molecule has 13 heavy (non-hydrogen) atoms. The SMILES string of the molecule is C[P@]([C]1[CH][CH][CH][CH]1)c1ccccc1. The van der Waals surface area contributed by atoms with Crippen molar-refractivity contribution in [3.63, 3.8) is 0 Å². The standard InChI is InChI=1S/C12H12P/c1-13(12-9-5-6-10-12)11-7-3-2-4-8-11/h2-10H,1H3/t13-/m0/s1. The predicted molar refractivity (Wildman–Crippen MR) is 59.4 cm³/mol. The van der Waals surface area contributed by atoms with E-state index in [4.69, 9.17) is 0 Å². The van der Waals surface area contributed by atoms with Crippen molar-refractivity contribution in [2.24, 2.45) is 0 Å². The van der Waals surface area contributed by atoms with Crippen LogP contribution in [0.1, 0.15) is 0 Å². The molecule has 65 valence electrons. The van der Waals surface area contributed by atoms with Crippen LogP contribution in [-0.4, -0.2) is 6.66 Å². The van der Waals surface area contributed by atoms with Gasteiger partial charge in [-0.3, -0.25) is 0 Å². The second-order valence-electron chi connectivity index (χ2n) is 3.04. The molecule has 0 unspecified atom stereocenters. The van der Waals surface area contributed by atoms with Crippen LogP contribution in [0.4, 0.5) is 0 Å². The summed E-state index contributed by atoms with van der Waals surface area (Å²) in [4.78, 5) is 0. The summed E-state index contributed by atoms with van der Waals surface area (Å²) in [6, 6.07) is 10.7. The highest BCUT2D eigenvalue weighted by atomic mass is 31.1. The Morgan fingerprint density at radius 2 is 1.54 bits per heavy atom. The van der Waals surface area contributed by atoms with E-state index in [9.17, 15) is 0 Å². The van der Waals surface area contributed by atoms with E-state index >= 15 is 0 Å². The van der Waals surface area contributed by atoms with Gasteiger partial charge in [0.05, 0.1) is 0 Å². The molecule has 1 saturated carbocycles. The van der Waals surface area contributed by atoms with Crippen LogP contribution in [0.5, 0.6) is 0 Å². The summed E-state index contributed by atoms with van der Waals surface area (Å²) in [5.74, 6) is 0. The Balaban J connectivity index is 2.08. The molecule has 0 saturated heterocycles. The molecule has 0 aliphatic heterocycles. The minimum absolute atomic E-state index is 0.134. The van der Waals surface area contributed by atoms with E-state index in [0.717, 1.165) is 0 Å². The molecule has 0 heterocycles. The van der Waals surface area contributed by atoms with Gasteiger partial charge in [-0.25, -0.2) is 0 Å². The van der Waals surface area contributed by atoms with Crippen molar-refractivity contribution < 1.29 is 0 Å². The third kappa shape index (κ3) is 2.11. The smallest absolute Gasteiger partial charge is 0.0116 e. The van der Waals surface area contributed by atoms with Gasteiger partial charge < -0.3 is 0 Å². The number of rotatable bonds is 2. The molecule has 1 fully saturated rings. The molecule has 0 N–H and O–H groups in total. The van der Waals surface area contributed by atoms with Crippen LogP contribution in [0, 0.1) is 31.3 Å². The monoisotopic (exact) mass is 187 g/mol. The first-order chi connectivity index (χ1) is 6.38. The van der Waals surface area contributed by atoms with Crippen LogP contribution < -0.4 is 5.30 Å². The van der Waals surface area contributed by atoms with Gasteiger partial charge in [0.2, 0.25) is 0 Å². The summed E-state index contributed by atoms with van der Waals surface area (Å²) >= 11 is 0. The summed E-state index contributed by atoms with van der Waals surface area (Å²) in [6.07, 6.45) is 8.63. The fraction of sp³-hybridized carbons (Fsp3) is 0.0833. The zero-order chi connectivity index (χ0) is 9.10. The lowest BCUT2D eigenvalue weighted by Crippen LogP contribution is -2.03. The first kappa shape index (κ1) is 9.21. The minimum atomic E-state index is -0.134. The summed E-state index contributed by atoms with van der Waals surface area (Å²) in [5, 5.41) is 1.45. The molecule has 0 aromatic heterocycles. The van der Waals surface area contributed by atoms with Gasteiger partial charge in [-0.1, -0.05) is 38.3 Å². The Kier molecular flexibility index (Phi) is 3.01. The zero-order valence-corrected chi connectivity index (χ0v) is 8.54. The van der Waals surface area contributed by atoms with Crippen molar-refractivity contribution in [1.82, 2.24) is 0 Å². The Labute approximate surface area is 82.1 Å². The van der Waals surface area contributed by atoms with Crippen molar-refractivity contribution in [3.05, 3.63) is 61.7 Å². The highest BCUT2D eigenvalue weighted by Crippen LogP contribution is 2.49. The largest absolute Gasteiger partial charge is 0.0706 e. The molecule has 2 rings (SSSR count). The molecule has 5 radical (unpaired) electrons. The van der Waals surface area contributed by atoms with Gasteiger partial charge in [0.25, 0.3) is 0 Å². The van der Waals surface area contributed by atoms with E-state index in [-0.39, 0.29) is 7.92 Å². The van der Waals surface area contributed by atoms with E-state index in [1.165, 1.54) is 11.0 Å². The lowest BCUT2D eigenvalue weighted by atomic mass is 10.4. The van der Waals surface area contributed by atoms with E-state index in [0.29, 0.717) is 0 Å². The maximum Gasteiger partial charge on any atom is 0.0116 e. The van der Waals surface area contributed by atoms with Crippen molar-refractivity contribution in [3.8, 4) is 0 Å². The minimum Gasteiger partial charge on any atom is -0.0706 e. The maximum atomic E-state index is 2.31. The van der Waals surface area contributed by atoms with Gasteiger partial charge in [-0.05, 0) is 37.7 Å². The second-order valence-corrected chi connectivity index (χ2v) is 5.19. The van der Waals surface area contributed by atoms with E-state index in [1.807, 2.05) is 0 Å². The van der Waals surface area contributed by atoms with Crippen LogP contribution in [0.3, 0.4) is 0 Å². The quantitative estimate of drug-likeness (QED) is 0.624. The molecule has 1 heteroatoms. The van der Waals surface area contributed by atoms with Crippen LogP contribution in [0.2, 0.25) is 0 Å². The fourth-order valence-corrected chi connectivity index (χ4v) is 2.92. The average Bonchev–Trinajstić information content (AvgIpc) is 2.71. The highest BCUT2D eigenvalue weighted by Gasteiger charge is 2.23. The first-order valence-corrected chi connectivity index (χ1v) is 6.17. The van der Waals surface area contributed by atoms with E-state index < -0.39 is 0 Å². The molecule has 1 aromatic carbocycles. The van der Waals surface area contributed by atoms with Crippen LogP contribution in [0.25, 0.3) is 0 Å². The van der Waals surface area contributed by atoms with Crippen molar-refractivity contribution >= 4 is 13.2 Å². The average molecular weight is 187 g/mol. The summed E-state index contributed by atoms with van der Waals surface area (Å²) in [6.45, 7) is 2.31. The van der Waals surface area contributed by atoms with E-state index in [2.05, 4.69) is 62.7 Å². The Morgan fingerprint density at radius 1 is 0.923 bits per heavy atom. The third-order valence-electron chi connectivity index (χ3n) is 2.18. The Morgan fingerprint density at radius 3 is 2.15 bits per heavy atom. The van der Waals surface area contributed by atoms with Gasteiger partial charge in [0, 0.05) is 5.66 Å². The lowest BCUT2D eigenvalue weighted by Gasteiger charge is -2.18. The Hall–Kier alpha value is -0.350. The number of hydrogen-bond donors (Lipinski definition) is 0. The molecule has 0 bridgehead atoms. The van der Waals surface area contributed by atoms with Crippen molar-refractivity contribution in [2.45, 2.75) is 0 Å². The van der Waals surface area contributed by atoms with Crippen LogP contribution >= 0.6 is 7.92 Å². The summed E-state index contributed by atoms with van der Waals surface area (Å²) < 4.78 is 0. The van der Waals surface area contributed by atoms with Crippen molar-refractivity contribution in [2.75, 3.05) is 6.66 Å². The normalized spacial score (nSPS) is 20.4. The first-order valence-electron chi connectivity index (χ1n) is 4.38. The molecule has 0 amide bonds. The third-order valence-corrected chi connectivity index (χ3v) is 4.32. The highest BCUT2D eigenvalue weighted by molar-refractivity contribution is 7.68. The lowest BCUT2D eigenvalue weighted by molar-refractivity contribution is 1.52. The molecule has 1 aliphatic rings. The van der Waals surface area contributed by atoms with E-state index in [1.54, 1.807) is 0 Å². The maximum absolute atomic E-state index is 2.31. The second kappa shape index (κ2) is 4.24. The van der Waals surface area contributed by atoms with Gasteiger partial charge in [-0.2, -0.15) is 0 Å². The molecular formula is C12H12P. The molecule has 1 aromatic rings. The van der Waals surface area contributed by atoms with Gasteiger partial charge >= 0.3 is 0 Å². The summed E-state index contributed by atoms with van der Waals surface area (Å²) in [5.41, 5.74) is 1.46. The zero-order valence-electron chi connectivity index (χ0n) is 7.64. The van der Waals surface area contributed by atoms with Gasteiger partial charge in [0.1, 0.15) is 0 Å². The number of hydrogen-bond acceptors (Lipinski definition) is 0. The molecular weight excluding hydrogens is 175 g/mol.